The minimum absolute atomic E-state index is 0.270. The van der Waals surface area contributed by atoms with Gasteiger partial charge >= 0.3 is 5.97 Å². The largest absolute Gasteiger partial charge is 0.451 e. The Morgan fingerprint density at radius 3 is 2.92 bits per heavy atom. The first kappa shape index (κ1) is 17.2. The van der Waals surface area contributed by atoms with Gasteiger partial charge in [0, 0.05) is 11.1 Å². The molecule has 1 aliphatic rings. The lowest BCUT2D eigenvalue weighted by Gasteiger charge is -2.18. The monoisotopic (exact) mass is 361 g/mol. The number of hydrogen-bond acceptors (Lipinski definition) is 5. The minimum atomic E-state index is -0.616. The SMILES string of the molecule is C[C@H]1CCc2c(sc(NC(=O)COC(=O)c3ccc[nH]3)c2C(N)=O)C1. The summed E-state index contributed by atoms with van der Waals surface area (Å²) in [6.45, 7) is 1.72. The second kappa shape index (κ2) is 7.10. The molecule has 0 aromatic carbocycles. The van der Waals surface area contributed by atoms with Crippen molar-refractivity contribution in [1.29, 1.82) is 0 Å². The number of carbonyl (C=O) groups is 3. The Morgan fingerprint density at radius 1 is 1.44 bits per heavy atom. The van der Waals surface area contributed by atoms with E-state index < -0.39 is 24.4 Å². The van der Waals surface area contributed by atoms with Crippen molar-refractivity contribution >= 4 is 34.1 Å². The van der Waals surface area contributed by atoms with Crippen LogP contribution in [-0.2, 0) is 22.4 Å². The Kier molecular flexibility index (Phi) is 4.89. The predicted octanol–water partition coefficient (Wildman–Crippen LogP) is 2.10. The number of carbonyl (C=O) groups excluding carboxylic acids is 3. The molecule has 1 aliphatic carbocycles. The van der Waals surface area contributed by atoms with Gasteiger partial charge < -0.3 is 20.8 Å². The number of amides is 2. The lowest BCUT2D eigenvalue weighted by molar-refractivity contribution is -0.119. The van der Waals surface area contributed by atoms with Gasteiger partial charge in [0.25, 0.3) is 11.8 Å². The zero-order chi connectivity index (χ0) is 18.0. The van der Waals surface area contributed by atoms with Crippen molar-refractivity contribution in [3.05, 3.63) is 40.0 Å². The third-order valence-electron chi connectivity index (χ3n) is 4.16. The van der Waals surface area contributed by atoms with E-state index in [1.807, 2.05) is 0 Å². The van der Waals surface area contributed by atoms with Gasteiger partial charge in [0.2, 0.25) is 0 Å². The number of anilines is 1. The lowest BCUT2D eigenvalue weighted by atomic mass is 9.88. The third-order valence-corrected chi connectivity index (χ3v) is 5.33. The van der Waals surface area contributed by atoms with E-state index in [4.69, 9.17) is 10.5 Å². The lowest BCUT2D eigenvalue weighted by Crippen LogP contribution is -2.23. The van der Waals surface area contributed by atoms with Gasteiger partial charge in [0.15, 0.2) is 6.61 Å². The zero-order valence-corrected chi connectivity index (χ0v) is 14.6. The van der Waals surface area contributed by atoms with Crippen molar-refractivity contribution in [3.63, 3.8) is 0 Å². The van der Waals surface area contributed by atoms with E-state index in [0.29, 0.717) is 16.5 Å². The maximum atomic E-state index is 12.1. The summed E-state index contributed by atoms with van der Waals surface area (Å²) >= 11 is 1.37. The number of hydrogen-bond donors (Lipinski definition) is 3. The van der Waals surface area contributed by atoms with Gasteiger partial charge in [-0.25, -0.2) is 4.79 Å². The molecular weight excluding hydrogens is 342 g/mol. The summed E-state index contributed by atoms with van der Waals surface area (Å²) < 4.78 is 4.95. The average molecular weight is 361 g/mol. The summed E-state index contributed by atoms with van der Waals surface area (Å²) in [6.07, 6.45) is 4.24. The van der Waals surface area contributed by atoms with Crippen LogP contribution in [0.5, 0.6) is 0 Å². The van der Waals surface area contributed by atoms with E-state index >= 15 is 0 Å². The molecule has 2 amide bonds. The van der Waals surface area contributed by atoms with Crippen molar-refractivity contribution in [2.75, 3.05) is 11.9 Å². The number of ether oxygens (including phenoxy) is 1. The molecule has 2 heterocycles. The average Bonchev–Trinajstić information content (AvgIpc) is 3.19. The fourth-order valence-corrected chi connectivity index (χ4v) is 4.36. The molecule has 0 spiro atoms. The summed E-state index contributed by atoms with van der Waals surface area (Å²) in [5.74, 6) is -1.13. The Balaban J connectivity index is 1.69. The molecule has 8 heteroatoms. The second-order valence-electron chi connectivity index (χ2n) is 6.13. The van der Waals surface area contributed by atoms with Crippen LogP contribution >= 0.6 is 11.3 Å². The number of esters is 1. The van der Waals surface area contributed by atoms with E-state index in [1.54, 1.807) is 18.3 Å². The Bertz CT molecular complexity index is 810. The van der Waals surface area contributed by atoms with Gasteiger partial charge in [-0.15, -0.1) is 11.3 Å². The molecule has 0 unspecified atom stereocenters. The third kappa shape index (κ3) is 3.74. The van der Waals surface area contributed by atoms with E-state index in [1.165, 1.54) is 11.3 Å². The Morgan fingerprint density at radius 2 is 2.24 bits per heavy atom. The van der Waals surface area contributed by atoms with Crippen molar-refractivity contribution in [3.8, 4) is 0 Å². The second-order valence-corrected chi connectivity index (χ2v) is 7.23. The zero-order valence-electron chi connectivity index (χ0n) is 13.8. The van der Waals surface area contributed by atoms with Crippen LogP contribution in [0.3, 0.4) is 0 Å². The van der Waals surface area contributed by atoms with E-state index in [2.05, 4.69) is 17.2 Å². The molecule has 0 saturated heterocycles. The molecule has 0 fully saturated rings. The summed E-state index contributed by atoms with van der Waals surface area (Å²) in [7, 11) is 0. The first-order chi connectivity index (χ1) is 12.0. The summed E-state index contributed by atoms with van der Waals surface area (Å²) in [5, 5.41) is 3.09. The first-order valence-electron chi connectivity index (χ1n) is 8.00. The van der Waals surface area contributed by atoms with Crippen molar-refractivity contribution in [2.24, 2.45) is 11.7 Å². The van der Waals surface area contributed by atoms with Gasteiger partial charge in [0.05, 0.1) is 5.56 Å². The number of nitrogens with two attached hydrogens (primary N) is 1. The van der Waals surface area contributed by atoms with Crippen molar-refractivity contribution in [2.45, 2.75) is 26.2 Å². The molecule has 0 aliphatic heterocycles. The predicted molar refractivity (Wildman–Crippen MR) is 93.7 cm³/mol. The summed E-state index contributed by atoms with van der Waals surface area (Å²) in [4.78, 5) is 39.4. The number of fused-ring (bicyclic) bond motifs is 1. The summed E-state index contributed by atoms with van der Waals surface area (Å²) in [6, 6.07) is 3.22. The van der Waals surface area contributed by atoms with E-state index in [0.717, 1.165) is 29.7 Å². The standard InChI is InChI=1S/C17H19N3O4S/c1-9-4-5-10-12(7-9)25-16(14(10)15(18)22)20-13(21)8-24-17(23)11-3-2-6-19-11/h2-3,6,9,19H,4-5,7-8H2,1H3,(H2,18,22)(H,20,21)/t9-/m0/s1. The number of rotatable bonds is 5. The molecule has 3 rings (SSSR count). The van der Waals surface area contributed by atoms with Crippen LogP contribution in [0.15, 0.2) is 18.3 Å². The quantitative estimate of drug-likeness (QED) is 0.707. The van der Waals surface area contributed by atoms with E-state index in [-0.39, 0.29) is 5.69 Å². The highest BCUT2D eigenvalue weighted by molar-refractivity contribution is 7.17. The van der Waals surface area contributed by atoms with Gasteiger partial charge in [-0.3, -0.25) is 9.59 Å². The normalized spacial score (nSPS) is 16.1. The van der Waals surface area contributed by atoms with E-state index in [9.17, 15) is 14.4 Å². The highest BCUT2D eigenvalue weighted by atomic mass is 32.1. The van der Waals surface area contributed by atoms with Gasteiger partial charge in [-0.2, -0.15) is 0 Å². The highest BCUT2D eigenvalue weighted by Gasteiger charge is 2.27. The van der Waals surface area contributed by atoms with Crippen LogP contribution in [0, 0.1) is 5.92 Å². The number of aromatic nitrogens is 1. The van der Waals surface area contributed by atoms with Crippen LogP contribution < -0.4 is 11.1 Å². The molecule has 132 valence electrons. The molecule has 0 saturated carbocycles. The molecule has 0 bridgehead atoms. The minimum Gasteiger partial charge on any atom is -0.451 e. The van der Waals surface area contributed by atoms with Gasteiger partial charge in [-0.05, 0) is 42.9 Å². The molecule has 1 atom stereocenters. The van der Waals surface area contributed by atoms with Crippen molar-refractivity contribution < 1.29 is 19.1 Å². The van der Waals surface area contributed by atoms with Crippen LogP contribution in [0.2, 0.25) is 0 Å². The van der Waals surface area contributed by atoms with Crippen LogP contribution in [0.1, 0.15) is 44.6 Å². The smallest absolute Gasteiger partial charge is 0.355 e. The van der Waals surface area contributed by atoms with Crippen molar-refractivity contribution in [1.82, 2.24) is 4.98 Å². The molecule has 7 nitrogen and oxygen atoms in total. The Labute approximate surface area is 148 Å². The first-order valence-corrected chi connectivity index (χ1v) is 8.82. The molecular formula is C17H19N3O4S. The maximum Gasteiger partial charge on any atom is 0.355 e. The molecule has 4 N–H and O–H groups in total. The van der Waals surface area contributed by atoms with Gasteiger partial charge in [-0.1, -0.05) is 6.92 Å². The van der Waals surface area contributed by atoms with Crippen LogP contribution in [0.4, 0.5) is 5.00 Å². The number of nitrogens with one attached hydrogen (secondary N) is 2. The van der Waals surface area contributed by atoms with Gasteiger partial charge in [0.1, 0.15) is 10.7 Å². The number of aromatic amines is 1. The molecule has 0 radical (unpaired) electrons. The van der Waals surface area contributed by atoms with Crippen LogP contribution in [-0.4, -0.2) is 29.4 Å². The Hall–Kier alpha value is -2.61. The van der Waals surface area contributed by atoms with Crippen LogP contribution in [0.25, 0.3) is 0 Å². The molecule has 2 aromatic rings. The number of primary amides is 1. The fraction of sp³-hybridized carbons (Fsp3) is 0.353. The molecule has 2 aromatic heterocycles. The summed E-state index contributed by atoms with van der Waals surface area (Å²) in [5.41, 5.74) is 7.10. The fourth-order valence-electron chi connectivity index (χ4n) is 2.93. The topological polar surface area (TPSA) is 114 Å². The maximum absolute atomic E-state index is 12.1. The number of thiophene rings is 1. The number of H-pyrrole nitrogens is 1. The highest BCUT2D eigenvalue weighted by Crippen LogP contribution is 2.39. The molecule has 25 heavy (non-hydrogen) atoms.